The van der Waals surface area contributed by atoms with Crippen LogP contribution >= 0.6 is 0 Å². The Morgan fingerprint density at radius 1 is 1.25 bits per heavy atom. The zero-order chi connectivity index (χ0) is 14.4. The van der Waals surface area contributed by atoms with E-state index in [1.54, 1.807) is 6.07 Å². The zero-order valence-electron chi connectivity index (χ0n) is 11.1. The molecule has 0 aromatic heterocycles. The van der Waals surface area contributed by atoms with E-state index in [0.29, 0.717) is 12.1 Å². The van der Waals surface area contributed by atoms with Gasteiger partial charge in [0, 0.05) is 6.54 Å². The number of methoxy groups -OCH3 is 1. The van der Waals surface area contributed by atoms with E-state index in [4.69, 9.17) is 4.74 Å². The van der Waals surface area contributed by atoms with Gasteiger partial charge in [-0.05, 0) is 23.3 Å². The summed E-state index contributed by atoms with van der Waals surface area (Å²) >= 11 is 0. The van der Waals surface area contributed by atoms with Crippen LogP contribution in [0.1, 0.15) is 17.2 Å². The zero-order valence-corrected chi connectivity index (χ0v) is 11.1. The lowest BCUT2D eigenvalue weighted by molar-refractivity contribution is 0.386. The molecule has 0 heterocycles. The summed E-state index contributed by atoms with van der Waals surface area (Å²) in [5, 5.41) is 12.3. The molecule has 0 amide bonds. The molecular weight excluding hydrogens is 255 g/mol. The summed E-state index contributed by atoms with van der Waals surface area (Å²) in [5.74, 6) is -0.291. The molecule has 20 heavy (non-hydrogen) atoms. The Bertz CT molecular complexity index is 608. The molecule has 0 aliphatic rings. The Balaban J connectivity index is 2.09. The largest absolute Gasteiger partial charge is 0.494 e. The average molecular weight is 270 g/mol. The van der Waals surface area contributed by atoms with Crippen molar-refractivity contribution in [3.8, 4) is 11.8 Å². The fourth-order valence-electron chi connectivity index (χ4n) is 1.92. The normalized spacial score (nSPS) is 11.7. The molecule has 0 saturated heterocycles. The van der Waals surface area contributed by atoms with E-state index in [1.807, 2.05) is 30.3 Å². The fraction of sp³-hybridized carbons (Fsp3) is 0.188. The third-order valence-electron chi connectivity index (χ3n) is 2.99. The first-order valence-electron chi connectivity index (χ1n) is 6.25. The molecule has 1 unspecified atom stereocenters. The minimum Gasteiger partial charge on any atom is -0.494 e. The molecule has 0 aliphatic carbocycles. The molecule has 0 saturated carbocycles. The van der Waals surface area contributed by atoms with Crippen molar-refractivity contribution in [2.75, 3.05) is 7.11 Å². The molecule has 2 aromatic rings. The van der Waals surface area contributed by atoms with E-state index in [2.05, 4.69) is 11.4 Å². The van der Waals surface area contributed by atoms with Crippen LogP contribution < -0.4 is 10.1 Å². The van der Waals surface area contributed by atoms with E-state index in [0.717, 1.165) is 5.56 Å². The summed E-state index contributed by atoms with van der Waals surface area (Å²) in [4.78, 5) is 0. The van der Waals surface area contributed by atoms with Crippen molar-refractivity contribution >= 4 is 0 Å². The van der Waals surface area contributed by atoms with E-state index < -0.39 is 11.9 Å². The second-order valence-electron chi connectivity index (χ2n) is 4.32. The monoisotopic (exact) mass is 270 g/mol. The Morgan fingerprint density at radius 3 is 2.60 bits per heavy atom. The van der Waals surface area contributed by atoms with Crippen molar-refractivity contribution in [1.29, 1.82) is 5.26 Å². The Morgan fingerprint density at radius 2 is 2.00 bits per heavy atom. The van der Waals surface area contributed by atoms with Crippen LogP contribution in [0.4, 0.5) is 4.39 Å². The number of halogens is 1. The molecule has 4 heteroatoms. The van der Waals surface area contributed by atoms with Crippen molar-refractivity contribution < 1.29 is 9.13 Å². The SMILES string of the molecule is COc1ccc(C(C#N)NCc2ccccc2)cc1F. The lowest BCUT2D eigenvalue weighted by Gasteiger charge is -2.13. The summed E-state index contributed by atoms with van der Waals surface area (Å²) in [6.07, 6.45) is 0. The van der Waals surface area contributed by atoms with Crippen molar-refractivity contribution in [2.45, 2.75) is 12.6 Å². The summed E-state index contributed by atoms with van der Waals surface area (Å²) in [6, 6.07) is 15.9. The lowest BCUT2D eigenvalue weighted by atomic mass is 10.1. The van der Waals surface area contributed by atoms with Crippen LogP contribution in [0.25, 0.3) is 0 Å². The number of rotatable bonds is 5. The van der Waals surface area contributed by atoms with Crippen LogP contribution in [0.3, 0.4) is 0 Å². The number of hydrogen-bond acceptors (Lipinski definition) is 3. The number of nitriles is 1. The van der Waals surface area contributed by atoms with Crippen LogP contribution in [-0.2, 0) is 6.54 Å². The molecule has 0 radical (unpaired) electrons. The van der Waals surface area contributed by atoms with E-state index in [-0.39, 0.29) is 5.75 Å². The minimum absolute atomic E-state index is 0.175. The maximum atomic E-state index is 13.6. The predicted octanol–water partition coefficient (Wildman–Crippen LogP) is 3.19. The number of benzene rings is 2. The van der Waals surface area contributed by atoms with E-state index in [9.17, 15) is 9.65 Å². The third kappa shape index (κ3) is 3.34. The van der Waals surface area contributed by atoms with Crippen molar-refractivity contribution in [3.63, 3.8) is 0 Å². The molecule has 1 atom stereocenters. The quantitative estimate of drug-likeness (QED) is 0.907. The number of nitrogens with one attached hydrogen (secondary N) is 1. The molecule has 102 valence electrons. The topological polar surface area (TPSA) is 45.0 Å². The summed E-state index contributed by atoms with van der Waals surface area (Å²) < 4.78 is 18.5. The molecule has 1 N–H and O–H groups in total. The van der Waals surface area contributed by atoms with Crippen molar-refractivity contribution in [2.24, 2.45) is 0 Å². The predicted molar refractivity (Wildman–Crippen MR) is 74.6 cm³/mol. The minimum atomic E-state index is -0.560. The van der Waals surface area contributed by atoms with Gasteiger partial charge in [-0.2, -0.15) is 5.26 Å². The summed E-state index contributed by atoms with van der Waals surface area (Å²) in [5.41, 5.74) is 1.66. The Labute approximate surface area is 117 Å². The van der Waals surface area contributed by atoms with Crippen LogP contribution in [0.2, 0.25) is 0 Å². The van der Waals surface area contributed by atoms with Crippen molar-refractivity contribution in [3.05, 3.63) is 65.5 Å². The molecule has 0 fully saturated rings. The first-order chi connectivity index (χ1) is 9.74. The Kier molecular flexibility index (Phi) is 4.70. The van der Waals surface area contributed by atoms with Crippen LogP contribution in [0.5, 0.6) is 5.75 Å². The van der Waals surface area contributed by atoms with Crippen LogP contribution in [0.15, 0.2) is 48.5 Å². The number of ether oxygens (including phenoxy) is 1. The maximum absolute atomic E-state index is 13.6. The second-order valence-corrected chi connectivity index (χ2v) is 4.32. The first-order valence-corrected chi connectivity index (χ1v) is 6.25. The second kappa shape index (κ2) is 6.69. The first kappa shape index (κ1) is 14.0. The van der Waals surface area contributed by atoms with Gasteiger partial charge in [0.2, 0.25) is 0 Å². The van der Waals surface area contributed by atoms with Gasteiger partial charge in [0.1, 0.15) is 6.04 Å². The van der Waals surface area contributed by atoms with Gasteiger partial charge < -0.3 is 4.74 Å². The van der Waals surface area contributed by atoms with Crippen LogP contribution in [0, 0.1) is 17.1 Å². The molecule has 0 bridgehead atoms. The maximum Gasteiger partial charge on any atom is 0.165 e. The van der Waals surface area contributed by atoms with E-state index >= 15 is 0 Å². The third-order valence-corrected chi connectivity index (χ3v) is 2.99. The Hall–Kier alpha value is -2.38. The average Bonchev–Trinajstić information content (AvgIpc) is 2.49. The van der Waals surface area contributed by atoms with Crippen LogP contribution in [-0.4, -0.2) is 7.11 Å². The highest BCUT2D eigenvalue weighted by molar-refractivity contribution is 5.33. The van der Waals surface area contributed by atoms with Gasteiger partial charge in [-0.15, -0.1) is 0 Å². The van der Waals surface area contributed by atoms with Gasteiger partial charge in [-0.3, -0.25) is 5.32 Å². The molecule has 2 rings (SSSR count). The summed E-state index contributed by atoms with van der Waals surface area (Å²) in [7, 11) is 1.41. The molecular formula is C16H15FN2O. The molecule has 3 nitrogen and oxygen atoms in total. The fourth-order valence-corrected chi connectivity index (χ4v) is 1.92. The van der Waals surface area contributed by atoms with Gasteiger partial charge in [0.25, 0.3) is 0 Å². The van der Waals surface area contributed by atoms with Crippen molar-refractivity contribution in [1.82, 2.24) is 5.32 Å². The number of nitrogens with zero attached hydrogens (tertiary/aromatic N) is 1. The highest BCUT2D eigenvalue weighted by Crippen LogP contribution is 2.21. The van der Waals surface area contributed by atoms with Gasteiger partial charge >= 0.3 is 0 Å². The van der Waals surface area contributed by atoms with Gasteiger partial charge in [-0.1, -0.05) is 36.4 Å². The smallest absolute Gasteiger partial charge is 0.165 e. The highest BCUT2D eigenvalue weighted by atomic mass is 19.1. The molecule has 2 aromatic carbocycles. The molecule has 0 spiro atoms. The summed E-state index contributed by atoms with van der Waals surface area (Å²) in [6.45, 7) is 0.548. The van der Waals surface area contributed by atoms with Gasteiger partial charge in [0.15, 0.2) is 11.6 Å². The standard InChI is InChI=1S/C16H15FN2O/c1-20-16-8-7-13(9-14(16)17)15(10-18)19-11-12-5-3-2-4-6-12/h2-9,15,19H,11H2,1H3. The lowest BCUT2D eigenvalue weighted by Crippen LogP contribution is -2.19. The highest BCUT2D eigenvalue weighted by Gasteiger charge is 2.12. The van der Waals surface area contributed by atoms with E-state index in [1.165, 1.54) is 19.2 Å². The van der Waals surface area contributed by atoms with Gasteiger partial charge in [0.05, 0.1) is 13.2 Å². The molecule has 0 aliphatic heterocycles. The number of hydrogen-bond donors (Lipinski definition) is 1. The van der Waals surface area contributed by atoms with Gasteiger partial charge in [-0.25, -0.2) is 4.39 Å².